The van der Waals surface area contributed by atoms with E-state index >= 15 is 0 Å². The van der Waals surface area contributed by atoms with Crippen LogP contribution in [0.15, 0.2) is 22.7 Å². The molecule has 1 fully saturated rings. The molecule has 0 aromatic heterocycles. The smallest absolute Gasteiger partial charge is 0.123 e. The van der Waals surface area contributed by atoms with Crippen molar-refractivity contribution in [1.29, 1.82) is 0 Å². The Bertz CT molecular complexity index is 478. The molecule has 23 heavy (non-hydrogen) atoms. The SMILES string of the molecule is CCOCCOc1ccc(Br)cc1CNCC1(O)CCOCC1. The van der Waals surface area contributed by atoms with E-state index in [1.165, 1.54) is 0 Å². The third kappa shape index (κ3) is 6.39. The van der Waals surface area contributed by atoms with Crippen LogP contribution in [-0.4, -0.2) is 50.3 Å². The van der Waals surface area contributed by atoms with Crippen molar-refractivity contribution < 1.29 is 19.3 Å². The van der Waals surface area contributed by atoms with Crippen molar-refractivity contribution in [2.45, 2.75) is 31.9 Å². The third-order valence-electron chi connectivity index (χ3n) is 3.90. The zero-order valence-corrected chi connectivity index (χ0v) is 15.2. The Balaban J connectivity index is 1.86. The molecule has 1 aliphatic heterocycles. The maximum absolute atomic E-state index is 10.5. The Hall–Kier alpha value is -0.660. The van der Waals surface area contributed by atoms with Crippen LogP contribution in [0.1, 0.15) is 25.3 Å². The number of aliphatic hydroxyl groups is 1. The van der Waals surface area contributed by atoms with Gasteiger partial charge in [0.15, 0.2) is 0 Å². The van der Waals surface area contributed by atoms with Crippen LogP contribution < -0.4 is 10.1 Å². The largest absolute Gasteiger partial charge is 0.491 e. The van der Waals surface area contributed by atoms with Gasteiger partial charge in [0.25, 0.3) is 0 Å². The standard InChI is InChI=1S/C17H26BrNO4/c1-2-21-9-10-23-16-4-3-15(18)11-14(16)12-19-13-17(20)5-7-22-8-6-17/h3-4,11,19-20H,2,5-10,12-13H2,1H3. The highest BCUT2D eigenvalue weighted by atomic mass is 79.9. The van der Waals surface area contributed by atoms with Gasteiger partial charge in [0, 0.05) is 55.8 Å². The minimum atomic E-state index is -0.666. The first kappa shape index (κ1) is 18.7. The summed E-state index contributed by atoms with van der Waals surface area (Å²) in [5, 5.41) is 13.8. The third-order valence-corrected chi connectivity index (χ3v) is 4.40. The lowest BCUT2D eigenvalue weighted by Gasteiger charge is -2.32. The van der Waals surface area contributed by atoms with Gasteiger partial charge in [-0.05, 0) is 25.1 Å². The summed E-state index contributed by atoms with van der Waals surface area (Å²) in [6.07, 6.45) is 1.35. The molecule has 1 aromatic carbocycles. The topological polar surface area (TPSA) is 60.0 Å². The molecule has 2 N–H and O–H groups in total. The molecule has 0 bridgehead atoms. The first-order valence-corrected chi connectivity index (χ1v) is 8.92. The molecule has 1 saturated heterocycles. The summed E-state index contributed by atoms with van der Waals surface area (Å²) in [6, 6.07) is 5.96. The van der Waals surface area contributed by atoms with E-state index in [4.69, 9.17) is 14.2 Å². The number of ether oxygens (including phenoxy) is 3. The van der Waals surface area contributed by atoms with Crippen molar-refractivity contribution in [3.05, 3.63) is 28.2 Å². The molecular weight excluding hydrogens is 362 g/mol. The average Bonchev–Trinajstić information content (AvgIpc) is 2.54. The van der Waals surface area contributed by atoms with Crippen molar-refractivity contribution in [3.63, 3.8) is 0 Å². The van der Waals surface area contributed by atoms with E-state index in [1.807, 2.05) is 25.1 Å². The number of nitrogens with one attached hydrogen (secondary N) is 1. The van der Waals surface area contributed by atoms with Crippen LogP contribution in [0.5, 0.6) is 5.75 Å². The van der Waals surface area contributed by atoms with Crippen LogP contribution in [0.2, 0.25) is 0 Å². The molecule has 0 aliphatic carbocycles. The van der Waals surface area contributed by atoms with Crippen LogP contribution in [0.25, 0.3) is 0 Å². The summed E-state index contributed by atoms with van der Waals surface area (Å²) < 4.78 is 17.4. The second-order valence-electron chi connectivity index (χ2n) is 5.74. The highest BCUT2D eigenvalue weighted by Crippen LogP contribution is 2.24. The monoisotopic (exact) mass is 387 g/mol. The Labute approximate surface area is 146 Å². The number of hydrogen-bond donors (Lipinski definition) is 2. The molecule has 0 unspecified atom stereocenters. The Morgan fingerprint density at radius 2 is 2.09 bits per heavy atom. The molecule has 1 aromatic rings. The predicted molar refractivity (Wildman–Crippen MR) is 92.8 cm³/mol. The summed E-state index contributed by atoms with van der Waals surface area (Å²) in [5.74, 6) is 0.847. The van der Waals surface area contributed by atoms with Gasteiger partial charge in [-0.2, -0.15) is 0 Å². The summed E-state index contributed by atoms with van der Waals surface area (Å²) >= 11 is 3.49. The summed E-state index contributed by atoms with van der Waals surface area (Å²) in [7, 11) is 0. The quantitative estimate of drug-likeness (QED) is 0.637. The molecule has 1 aliphatic rings. The molecule has 6 heteroatoms. The number of halogens is 1. The molecule has 0 radical (unpaired) electrons. The van der Waals surface area contributed by atoms with Crippen molar-refractivity contribution >= 4 is 15.9 Å². The van der Waals surface area contributed by atoms with E-state index in [0.717, 1.165) is 15.8 Å². The molecule has 0 amide bonds. The summed E-state index contributed by atoms with van der Waals surface area (Å²) in [4.78, 5) is 0. The second-order valence-corrected chi connectivity index (χ2v) is 6.65. The Kier molecular flexibility index (Phi) is 7.79. The predicted octanol–water partition coefficient (Wildman–Crippen LogP) is 2.50. The number of hydrogen-bond acceptors (Lipinski definition) is 5. The van der Waals surface area contributed by atoms with Gasteiger partial charge in [-0.3, -0.25) is 0 Å². The molecule has 5 nitrogen and oxygen atoms in total. The first-order chi connectivity index (χ1) is 11.1. The molecule has 0 saturated carbocycles. The van der Waals surface area contributed by atoms with Crippen LogP contribution >= 0.6 is 15.9 Å². The van der Waals surface area contributed by atoms with Gasteiger partial charge in [0.1, 0.15) is 12.4 Å². The minimum absolute atomic E-state index is 0.531. The van der Waals surface area contributed by atoms with E-state index in [0.29, 0.717) is 59.0 Å². The van der Waals surface area contributed by atoms with Gasteiger partial charge < -0.3 is 24.6 Å². The average molecular weight is 388 g/mol. The fraction of sp³-hybridized carbons (Fsp3) is 0.647. The first-order valence-electron chi connectivity index (χ1n) is 8.13. The lowest BCUT2D eigenvalue weighted by Crippen LogP contribution is -2.44. The number of benzene rings is 1. The summed E-state index contributed by atoms with van der Waals surface area (Å²) in [6.45, 7) is 6.23. The van der Waals surface area contributed by atoms with Crippen molar-refractivity contribution in [1.82, 2.24) is 5.32 Å². The summed E-state index contributed by atoms with van der Waals surface area (Å²) in [5.41, 5.74) is 0.395. The van der Waals surface area contributed by atoms with Gasteiger partial charge in [0.2, 0.25) is 0 Å². The van der Waals surface area contributed by atoms with E-state index in [9.17, 15) is 5.11 Å². The highest BCUT2D eigenvalue weighted by Gasteiger charge is 2.29. The zero-order valence-electron chi connectivity index (χ0n) is 13.6. The second kappa shape index (κ2) is 9.59. The van der Waals surface area contributed by atoms with E-state index in [2.05, 4.69) is 21.2 Å². The maximum atomic E-state index is 10.5. The van der Waals surface area contributed by atoms with Gasteiger partial charge in [-0.1, -0.05) is 15.9 Å². The minimum Gasteiger partial charge on any atom is -0.491 e. The molecule has 2 rings (SSSR count). The van der Waals surface area contributed by atoms with Gasteiger partial charge in [-0.15, -0.1) is 0 Å². The van der Waals surface area contributed by atoms with Gasteiger partial charge in [-0.25, -0.2) is 0 Å². The molecule has 130 valence electrons. The van der Waals surface area contributed by atoms with Crippen LogP contribution in [0.3, 0.4) is 0 Å². The zero-order chi connectivity index (χ0) is 16.5. The van der Waals surface area contributed by atoms with Crippen LogP contribution in [0.4, 0.5) is 0 Å². The Morgan fingerprint density at radius 3 is 2.83 bits per heavy atom. The fourth-order valence-electron chi connectivity index (χ4n) is 2.54. The number of rotatable bonds is 9. The van der Waals surface area contributed by atoms with Crippen LogP contribution in [0, 0.1) is 0 Å². The van der Waals surface area contributed by atoms with Crippen LogP contribution in [-0.2, 0) is 16.0 Å². The fourth-order valence-corrected chi connectivity index (χ4v) is 2.95. The normalized spacial score (nSPS) is 17.2. The van der Waals surface area contributed by atoms with Gasteiger partial charge >= 0.3 is 0 Å². The van der Waals surface area contributed by atoms with E-state index < -0.39 is 5.60 Å². The van der Waals surface area contributed by atoms with Crippen molar-refractivity contribution in [2.75, 3.05) is 39.6 Å². The lowest BCUT2D eigenvalue weighted by molar-refractivity contribution is -0.0617. The molecule has 0 atom stereocenters. The Morgan fingerprint density at radius 1 is 1.30 bits per heavy atom. The van der Waals surface area contributed by atoms with E-state index in [1.54, 1.807) is 0 Å². The molecule has 0 spiro atoms. The van der Waals surface area contributed by atoms with E-state index in [-0.39, 0.29) is 0 Å². The lowest BCUT2D eigenvalue weighted by atomic mass is 9.94. The highest BCUT2D eigenvalue weighted by molar-refractivity contribution is 9.10. The maximum Gasteiger partial charge on any atom is 0.123 e. The van der Waals surface area contributed by atoms with Crippen molar-refractivity contribution in [3.8, 4) is 5.75 Å². The van der Waals surface area contributed by atoms with Gasteiger partial charge in [0.05, 0.1) is 12.2 Å². The molecule has 1 heterocycles. The molecular formula is C17H26BrNO4. The van der Waals surface area contributed by atoms with Crippen molar-refractivity contribution in [2.24, 2.45) is 0 Å².